The Morgan fingerprint density at radius 2 is 2.11 bits per heavy atom. The van der Waals surface area contributed by atoms with E-state index in [1.54, 1.807) is 19.9 Å². The third-order valence-electron chi connectivity index (χ3n) is 2.43. The second kappa shape index (κ2) is 5.80. The SMILES string of the molecule is CCN(CC(C)(C)O)C(=O)c1cccc(F)c1Br. The maximum Gasteiger partial charge on any atom is 0.255 e. The molecule has 3 nitrogen and oxygen atoms in total. The fourth-order valence-electron chi connectivity index (χ4n) is 1.63. The lowest BCUT2D eigenvalue weighted by molar-refractivity contribution is 0.0314. The van der Waals surface area contributed by atoms with Crippen LogP contribution in [-0.2, 0) is 0 Å². The zero-order valence-corrected chi connectivity index (χ0v) is 12.3. The number of hydrogen-bond donors (Lipinski definition) is 1. The number of halogens is 2. The molecule has 1 rings (SSSR count). The quantitative estimate of drug-likeness (QED) is 0.927. The largest absolute Gasteiger partial charge is 0.389 e. The monoisotopic (exact) mass is 317 g/mol. The second-order valence-corrected chi connectivity index (χ2v) is 5.53. The Labute approximate surface area is 115 Å². The number of aliphatic hydroxyl groups is 1. The molecule has 0 atom stereocenters. The van der Waals surface area contributed by atoms with Crippen LogP contribution in [0.2, 0.25) is 0 Å². The first-order valence-electron chi connectivity index (χ1n) is 5.72. The molecular formula is C13H17BrFNO2. The van der Waals surface area contributed by atoms with Gasteiger partial charge in [-0.15, -0.1) is 0 Å². The molecule has 0 aliphatic carbocycles. The lowest BCUT2D eigenvalue weighted by Gasteiger charge is -2.28. The van der Waals surface area contributed by atoms with Crippen LogP contribution in [0.5, 0.6) is 0 Å². The maximum absolute atomic E-state index is 13.4. The topological polar surface area (TPSA) is 40.5 Å². The number of carbonyl (C=O) groups excluding carboxylic acids is 1. The van der Waals surface area contributed by atoms with E-state index in [1.807, 2.05) is 6.92 Å². The molecule has 1 amide bonds. The zero-order chi connectivity index (χ0) is 13.9. The molecule has 0 saturated heterocycles. The van der Waals surface area contributed by atoms with Crippen molar-refractivity contribution in [2.24, 2.45) is 0 Å². The van der Waals surface area contributed by atoms with Gasteiger partial charge < -0.3 is 10.0 Å². The van der Waals surface area contributed by atoms with E-state index in [0.717, 1.165) is 0 Å². The molecule has 0 fully saturated rings. The summed E-state index contributed by atoms with van der Waals surface area (Å²) in [6, 6.07) is 4.33. The van der Waals surface area contributed by atoms with E-state index >= 15 is 0 Å². The van der Waals surface area contributed by atoms with Crippen molar-refractivity contribution in [2.75, 3.05) is 13.1 Å². The minimum atomic E-state index is -0.981. The minimum Gasteiger partial charge on any atom is -0.389 e. The van der Waals surface area contributed by atoms with Crippen molar-refractivity contribution in [2.45, 2.75) is 26.4 Å². The van der Waals surface area contributed by atoms with E-state index in [0.29, 0.717) is 6.54 Å². The highest BCUT2D eigenvalue weighted by molar-refractivity contribution is 9.10. The standard InChI is InChI=1S/C13H17BrFNO2/c1-4-16(8-13(2,3)18)12(17)9-6-5-7-10(15)11(9)14/h5-7,18H,4,8H2,1-3H3. The molecule has 0 aliphatic heterocycles. The molecule has 0 aromatic heterocycles. The zero-order valence-electron chi connectivity index (χ0n) is 10.7. The van der Waals surface area contributed by atoms with Crippen molar-refractivity contribution in [3.8, 4) is 0 Å². The molecule has 100 valence electrons. The van der Waals surface area contributed by atoms with Crippen molar-refractivity contribution in [3.05, 3.63) is 34.1 Å². The number of hydrogen-bond acceptors (Lipinski definition) is 2. The van der Waals surface area contributed by atoms with Gasteiger partial charge >= 0.3 is 0 Å². The summed E-state index contributed by atoms with van der Waals surface area (Å²) in [6.45, 7) is 5.72. The van der Waals surface area contributed by atoms with Gasteiger partial charge in [0.05, 0.1) is 15.6 Å². The molecule has 0 saturated carbocycles. The summed E-state index contributed by atoms with van der Waals surface area (Å²) >= 11 is 3.07. The third kappa shape index (κ3) is 3.78. The predicted molar refractivity (Wildman–Crippen MR) is 72.0 cm³/mol. The van der Waals surface area contributed by atoms with Gasteiger partial charge in [0, 0.05) is 13.1 Å². The highest BCUT2D eigenvalue weighted by atomic mass is 79.9. The summed E-state index contributed by atoms with van der Waals surface area (Å²) in [5.74, 6) is -0.772. The summed E-state index contributed by atoms with van der Waals surface area (Å²) in [6.07, 6.45) is 0. The Morgan fingerprint density at radius 1 is 1.50 bits per heavy atom. The summed E-state index contributed by atoms with van der Waals surface area (Å²) in [7, 11) is 0. The van der Waals surface area contributed by atoms with E-state index < -0.39 is 11.4 Å². The van der Waals surface area contributed by atoms with Gasteiger partial charge in [0.1, 0.15) is 5.82 Å². The molecule has 0 radical (unpaired) electrons. The van der Waals surface area contributed by atoms with Gasteiger partial charge in [-0.25, -0.2) is 4.39 Å². The average molecular weight is 318 g/mol. The number of amides is 1. The summed E-state index contributed by atoms with van der Waals surface area (Å²) in [4.78, 5) is 13.7. The van der Waals surface area contributed by atoms with E-state index in [9.17, 15) is 14.3 Å². The van der Waals surface area contributed by atoms with Crippen LogP contribution in [-0.4, -0.2) is 34.6 Å². The molecule has 0 bridgehead atoms. The van der Waals surface area contributed by atoms with Crippen LogP contribution in [0.25, 0.3) is 0 Å². The Hall–Kier alpha value is -0.940. The highest BCUT2D eigenvalue weighted by Gasteiger charge is 2.24. The first-order valence-corrected chi connectivity index (χ1v) is 6.51. The Bertz CT molecular complexity index is 443. The summed E-state index contributed by atoms with van der Waals surface area (Å²) in [5, 5.41) is 9.76. The molecule has 0 unspecified atom stereocenters. The lowest BCUT2D eigenvalue weighted by atomic mass is 10.1. The number of nitrogens with zero attached hydrogens (tertiary/aromatic N) is 1. The van der Waals surface area contributed by atoms with Crippen LogP contribution in [0.15, 0.2) is 22.7 Å². The molecule has 0 spiro atoms. The molecular weight excluding hydrogens is 301 g/mol. The molecule has 1 N–H and O–H groups in total. The number of benzene rings is 1. The van der Waals surface area contributed by atoms with E-state index in [4.69, 9.17) is 0 Å². The van der Waals surface area contributed by atoms with Crippen LogP contribution < -0.4 is 0 Å². The molecule has 1 aromatic rings. The van der Waals surface area contributed by atoms with Crippen LogP contribution in [0, 0.1) is 5.82 Å². The first-order chi connectivity index (χ1) is 8.26. The van der Waals surface area contributed by atoms with Crippen LogP contribution >= 0.6 is 15.9 Å². The fraction of sp³-hybridized carbons (Fsp3) is 0.462. The van der Waals surface area contributed by atoms with Crippen molar-refractivity contribution in [1.29, 1.82) is 0 Å². The normalized spacial score (nSPS) is 11.4. The van der Waals surface area contributed by atoms with Gasteiger partial charge in [-0.3, -0.25) is 4.79 Å². The van der Waals surface area contributed by atoms with Crippen molar-refractivity contribution in [1.82, 2.24) is 4.90 Å². The van der Waals surface area contributed by atoms with Gasteiger partial charge in [0.2, 0.25) is 0 Å². The van der Waals surface area contributed by atoms with E-state index in [1.165, 1.54) is 17.0 Å². The third-order valence-corrected chi connectivity index (χ3v) is 3.23. The lowest BCUT2D eigenvalue weighted by Crippen LogP contribution is -2.42. The van der Waals surface area contributed by atoms with Crippen LogP contribution in [0.4, 0.5) is 4.39 Å². The van der Waals surface area contributed by atoms with Crippen LogP contribution in [0.3, 0.4) is 0 Å². The van der Waals surface area contributed by atoms with Crippen molar-refractivity contribution >= 4 is 21.8 Å². The number of likely N-dealkylation sites (N-methyl/N-ethyl adjacent to an activating group) is 1. The van der Waals surface area contributed by atoms with E-state index in [2.05, 4.69) is 15.9 Å². The molecule has 0 aliphatic rings. The smallest absolute Gasteiger partial charge is 0.255 e. The molecule has 0 heterocycles. The Morgan fingerprint density at radius 3 is 2.61 bits per heavy atom. The van der Waals surface area contributed by atoms with Crippen molar-refractivity contribution < 1.29 is 14.3 Å². The van der Waals surface area contributed by atoms with Gasteiger partial charge in [-0.1, -0.05) is 6.07 Å². The van der Waals surface area contributed by atoms with Gasteiger partial charge in [0.25, 0.3) is 5.91 Å². The number of carbonyl (C=O) groups is 1. The first kappa shape index (κ1) is 15.1. The fourth-order valence-corrected chi connectivity index (χ4v) is 2.07. The Kier molecular flexibility index (Phi) is 4.87. The average Bonchev–Trinajstić information content (AvgIpc) is 2.27. The highest BCUT2D eigenvalue weighted by Crippen LogP contribution is 2.22. The molecule has 5 heteroatoms. The van der Waals surface area contributed by atoms with E-state index in [-0.39, 0.29) is 22.5 Å². The predicted octanol–water partition coefficient (Wildman–Crippen LogP) is 2.82. The van der Waals surface area contributed by atoms with Gasteiger partial charge in [-0.2, -0.15) is 0 Å². The Balaban J connectivity index is 3.01. The molecule has 1 aromatic carbocycles. The second-order valence-electron chi connectivity index (χ2n) is 4.73. The molecule has 18 heavy (non-hydrogen) atoms. The summed E-state index contributed by atoms with van der Waals surface area (Å²) in [5.41, 5.74) is -0.716. The number of rotatable bonds is 4. The summed E-state index contributed by atoms with van der Waals surface area (Å²) < 4.78 is 13.5. The minimum absolute atomic E-state index is 0.157. The van der Waals surface area contributed by atoms with Gasteiger partial charge in [0.15, 0.2) is 0 Å². The van der Waals surface area contributed by atoms with Crippen LogP contribution in [0.1, 0.15) is 31.1 Å². The van der Waals surface area contributed by atoms with Gasteiger partial charge in [-0.05, 0) is 48.8 Å². The maximum atomic E-state index is 13.4. The van der Waals surface area contributed by atoms with Crippen molar-refractivity contribution in [3.63, 3.8) is 0 Å².